The Hall–Kier alpha value is -1.69. The van der Waals surface area contributed by atoms with Gasteiger partial charge in [-0.05, 0) is 43.9 Å². The van der Waals surface area contributed by atoms with E-state index in [-0.39, 0.29) is 11.3 Å². The van der Waals surface area contributed by atoms with Crippen LogP contribution in [0, 0.1) is 5.41 Å². The van der Waals surface area contributed by atoms with E-state index in [9.17, 15) is 4.79 Å². The Morgan fingerprint density at radius 1 is 1.25 bits per heavy atom. The van der Waals surface area contributed by atoms with E-state index < -0.39 is 0 Å². The molecule has 0 aliphatic rings. The van der Waals surface area contributed by atoms with Gasteiger partial charge in [-0.1, -0.05) is 13.8 Å². The van der Waals surface area contributed by atoms with Crippen LogP contribution in [0.4, 0.5) is 5.82 Å². The number of hydrogen-bond donors (Lipinski definition) is 3. The summed E-state index contributed by atoms with van der Waals surface area (Å²) in [6.45, 7) is 8.11. The van der Waals surface area contributed by atoms with Gasteiger partial charge >= 0.3 is 0 Å². The number of aromatic nitrogens is 2. The van der Waals surface area contributed by atoms with Crippen LogP contribution in [-0.4, -0.2) is 35.7 Å². The average molecular weight is 279 g/mol. The molecule has 0 unspecified atom stereocenters. The fraction of sp³-hybridized carbons (Fsp3) is 0.643. The molecule has 1 rings (SSSR count). The molecule has 6 heteroatoms. The van der Waals surface area contributed by atoms with Gasteiger partial charge in [0.15, 0.2) is 5.69 Å². The lowest BCUT2D eigenvalue weighted by Crippen LogP contribution is -2.36. The lowest BCUT2D eigenvalue weighted by Gasteiger charge is -2.30. The summed E-state index contributed by atoms with van der Waals surface area (Å²) in [5.74, 6) is 0.461. The van der Waals surface area contributed by atoms with Crippen LogP contribution in [0.5, 0.6) is 0 Å². The van der Waals surface area contributed by atoms with Crippen LogP contribution in [0.25, 0.3) is 0 Å². The van der Waals surface area contributed by atoms with Crippen molar-refractivity contribution in [3.8, 4) is 0 Å². The van der Waals surface area contributed by atoms with Gasteiger partial charge in [0, 0.05) is 13.1 Å². The second-order valence-electron chi connectivity index (χ2n) is 4.93. The van der Waals surface area contributed by atoms with E-state index in [0.717, 1.165) is 19.4 Å². The predicted octanol–water partition coefficient (Wildman–Crippen LogP) is 1.40. The van der Waals surface area contributed by atoms with Gasteiger partial charge in [-0.2, -0.15) is 0 Å². The highest BCUT2D eigenvalue weighted by Crippen LogP contribution is 2.24. The van der Waals surface area contributed by atoms with Gasteiger partial charge in [0.05, 0.1) is 0 Å². The normalized spacial score (nSPS) is 11.2. The van der Waals surface area contributed by atoms with E-state index in [1.165, 1.54) is 0 Å². The molecule has 1 heterocycles. The van der Waals surface area contributed by atoms with Crippen molar-refractivity contribution in [2.45, 2.75) is 33.6 Å². The Kier molecular flexibility index (Phi) is 6.38. The molecule has 1 aromatic rings. The number of hydrogen-bond acceptors (Lipinski definition) is 5. The van der Waals surface area contributed by atoms with Crippen molar-refractivity contribution in [1.29, 1.82) is 0 Å². The summed E-state index contributed by atoms with van der Waals surface area (Å²) >= 11 is 0. The summed E-state index contributed by atoms with van der Waals surface area (Å²) in [7, 11) is 0. The molecule has 1 aromatic heterocycles. The van der Waals surface area contributed by atoms with Gasteiger partial charge in [-0.3, -0.25) is 4.79 Å². The number of nitrogens with zero attached hydrogens (tertiary/aromatic N) is 2. The number of carbonyl (C=O) groups is 1. The zero-order chi connectivity index (χ0) is 15.0. The molecular weight excluding hydrogens is 254 g/mol. The minimum Gasteiger partial charge on any atom is -0.368 e. The van der Waals surface area contributed by atoms with Crippen LogP contribution in [0.2, 0.25) is 0 Å². The van der Waals surface area contributed by atoms with Gasteiger partial charge in [0.1, 0.15) is 5.82 Å². The van der Waals surface area contributed by atoms with Crippen LogP contribution in [0.15, 0.2) is 12.1 Å². The Morgan fingerprint density at radius 2 is 1.95 bits per heavy atom. The van der Waals surface area contributed by atoms with Crippen LogP contribution >= 0.6 is 0 Å². The van der Waals surface area contributed by atoms with Crippen LogP contribution in [-0.2, 0) is 0 Å². The maximum atomic E-state index is 11.6. The van der Waals surface area contributed by atoms with Crippen molar-refractivity contribution in [2.24, 2.45) is 11.1 Å². The molecule has 0 spiro atoms. The van der Waals surface area contributed by atoms with E-state index in [2.05, 4.69) is 34.7 Å². The van der Waals surface area contributed by atoms with Crippen LogP contribution in [0.1, 0.15) is 44.1 Å². The molecular formula is C14H25N5O. The summed E-state index contributed by atoms with van der Waals surface area (Å²) in [6.07, 6.45) is 2.02. The number of rotatable bonds is 8. The molecule has 0 saturated carbocycles. The highest BCUT2D eigenvalue weighted by Gasteiger charge is 2.24. The van der Waals surface area contributed by atoms with Crippen molar-refractivity contribution in [1.82, 2.24) is 15.5 Å². The van der Waals surface area contributed by atoms with Gasteiger partial charge in [-0.15, -0.1) is 10.2 Å². The quantitative estimate of drug-likeness (QED) is 0.669. The third-order valence-corrected chi connectivity index (χ3v) is 3.81. The molecule has 6 nitrogen and oxygen atoms in total. The Bertz CT molecular complexity index is 406. The van der Waals surface area contributed by atoms with E-state index in [1.54, 1.807) is 12.1 Å². The second-order valence-corrected chi connectivity index (χ2v) is 4.93. The zero-order valence-electron chi connectivity index (χ0n) is 12.6. The highest BCUT2D eigenvalue weighted by atomic mass is 16.1. The van der Waals surface area contributed by atoms with E-state index >= 15 is 0 Å². The van der Waals surface area contributed by atoms with Crippen molar-refractivity contribution in [3.05, 3.63) is 17.8 Å². The maximum Gasteiger partial charge on any atom is 0.271 e. The third kappa shape index (κ3) is 4.16. The standard InChI is InChI=1S/C14H25N5O/c1-4-14(5-2,9-15)10-17-12-8-7-11(18-19-12)13(20)16-6-3/h7-8H,4-6,9-10,15H2,1-3H3,(H,16,20)(H,17,19). The number of nitrogens with two attached hydrogens (primary N) is 1. The monoisotopic (exact) mass is 279 g/mol. The molecule has 4 N–H and O–H groups in total. The lowest BCUT2D eigenvalue weighted by molar-refractivity contribution is 0.0950. The van der Waals surface area contributed by atoms with Gasteiger partial charge < -0.3 is 16.4 Å². The first kappa shape index (κ1) is 16.4. The number of carbonyl (C=O) groups excluding carboxylic acids is 1. The Morgan fingerprint density at radius 3 is 2.40 bits per heavy atom. The minimum atomic E-state index is -0.204. The summed E-state index contributed by atoms with van der Waals surface area (Å²) in [4.78, 5) is 11.6. The summed E-state index contributed by atoms with van der Waals surface area (Å²) in [5, 5.41) is 13.9. The second kappa shape index (κ2) is 7.79. The number of amides is 1. The molecule has 0 fully saturated rings. The first-order valence-corrected chi connectivity index (χ1v) is 7.16. The van der Waals surface area contributed by atoms with Crippen molar-refractivity contribution >= 4 is 11.7 Å². The summed E-state index contributed by atoms with van der Waals surface area (Å²) < 4.78 is 0. The Balaban J connectivity index is 2.64. The number of nitrogens with one attached hydrogen (secondary N) is 2. The fourth-order valence-corrected chi connectivity index (χ4v) is 1.94. The van der Waals surface area contributed by atoms with E-state index in [4.69, 9.17) is 5.73 Å². The van der Waals surface area contributed by atoms with Gasteiger partial charge in [0.25, 0.3) is 5.91 Å². The molecule has 20 heavy (non-hydrogen) atoms. The average Bonchev–Trinajstić information content (AvgIpc) is 2.50. The van der Waals surface area contributed by atoms with E-state index in [1.807, 2.05) is 6.92 Å². The lowest BCUT2D eigenvalue weighted by atomic mass is 9.82. The molecule has 0 bridgehead atoms. The van der Waals surface area contributed by atoms with Crippen molar-refractivity contribution < 1.29 is 4.79 Å². The molecule has 0 aromatic carbocycles. The topological polar surface area (TPSA) is 92.9 Å². The Labute approximate surface area is 120 Å². The molecule has 0 aliphatic heterocycles. The van der Waals surface area contributed by atoms with Crippen molar-refractivity contribution in [3.63, 3.8) is 0 Å². The molecule has 1 amide bonds. The first-order chi connectivity index (χ1) is 9.60. The maximum absolute atomic E-state index is 11.6. The summed E-state index contributed by atoms with van der Waals surface area (Å²) in [6, 6.07) is 3.44. The third-order valence-electron chi connectivity index (χ3n) is 3.81. The number of anilines is 1. The van der Waals surface area contributed by atoms with Gasteiger partial charge in [0.2, 0.25) is 0 Å². The van der Waals surface area contributed by atoms with E-state index in [0.29, 0.717) is 24.6 Å². The zero-order valence-corrected chi connectivity index (χ0v) is 12.6. The molecule has 0 aliphatic carbocycles. The minimum absolute atomic E-state index is 0.0833. The highest BCUT2D eigenvalue weighted by molar-refractivity contribution is 5.92. The van der Waals surface area contributed by atoms with Gasteiger partial charge in [-0.25, -0.2) is 0 Å². The smallest absolute Gasteiger partial charge is 0.271 e. The molecule has 0 radical (unpaired) electrons. The van der Waals surface area contributed by atoms with Crippen LogP contribution in [0.3, 0.4) is 0 Å². The SMILES string of the molecule is CCNC(=O)c1ccc(NCC(CC)(CC)CN)nn1. The first-order valence-electron chi connectivity index (χ1n) is 7.16. The molecule has 0 saturated heterocycles. The fourth-order valence-electron chi connectivity index (χ4n) is 1.94. The van der Waals surface area contributed by atoms with Crippen LogP contribution < -0.4 is 16.4 Å². The van der Waals surface area contributed by atoms with Crippen molar-refractivity contribution in [2.75, 3.05) is 25.0 Å². The largest absolute Gasteiger partial charge is 0.368 e. The molecule has 112 valence electrons. The molecule has 0 atom stereocenters. The summed E-state index contributed by atoms with van der Waals surface area (Å²) in [5.41, 5.74) is 6.27. The predicted molar refractivity (Wildman–Crippen MR) is 80.6 cm³/mol.